The quantitative estimate of drug-likeness (QED) is 0.708. The van der Waals surface area contributed by atoms with Crippen LogP contribution in [0.3, 0.4) is 0 Å². The zero-order valence-corrected chi connectivity index (χ0v) is 15.5. The predicted molar refractivity (Wildman–Crippen MR) is 96.6 cm³/mol. The number of amides is 1. The fraction of sp³-hybridized carbons (Fsp3) is 0.647. The molecule has 8 nitrogen and oxygen atoms in total. The maximum Gasteiger partial charge on any atom is 0.332 e. The molecule has 0 spiro atoms. The van der Waals surface area contributed by atoms with E-state index in [0.29, 0.717) is 5.65 Å². The van der Waals surface area contributed by atoms with Crippen molar-refractivity contribution in [3.05, 3.63) is 27.2 Å². The van der Waals surface area contributed by atoms with Crippen LogP contribution in [0.4, 0.5) is 0 Å². The standard InChI is InChI=1S/C17H27N5O3/c1-5-7-9-21(10-8-6-2)13(23)11-22-12-18-15-14(22)16(24)20(4)17(25)19(15)3/h12H,5-11H2,1-4H3. The van der Waals surface area contributed by atoms with Gasteiger partial charge in [0.15, 0.2) is 11.2 Å². The molecule has 0 aromatic carbocycles. The summed E-state index contributed by atoms with van der Waals surface area (Å²) < 4.78 is 3.91. The summed E-state index contributed by atoms with van der Waals surface area (Å²) in [4.78, 5) is 43.1. The van der Waals surface area contributed by atoms with E-state index in [1.165, 1.54) is 17.9 Å². The van der Waals surface area contributed by atoms with Crippen molar-refractivity contribution >= 4 is 17.1 Å². The third-order valence-electron chi connectivity index (χ3n) is 4.44. The molecule has 0 saturated carbocycles. The highest BCUT2D eigenvalue weighted by atomic mass is 16.2. The van der Waals surface area contributed by atoms with E-state index in [-0.39, 0.29) is 18.0 Å². The lowest BCUT2D eigenvalue weighted by molar-refractivity contribution is -0.131. The van der Waals surface area contributed by atoms with Gasteiger partial charge in [-0.15, -0.1) is 0 Å². The third-order valence-corrected chi connectivity index (χ3v) is 4.44. The van der Waals surface area contributed by atoms with Crippen molar-refractivity contribution in [3.63, 3.8) is 0 Å². The molecule has 1 amide bonds. The maximum absolute atomic E-state index is 12.7. The van der Waals surface area contributed by atoms with Crippen LogP contribution in [0.1, 0.15) is 39.5 Å². The minimum atomic E-state index is -0.433. The Bertz CT molecular complexity index is 854. The Balaban J connectivity index is 2.34. The van der Waals surface area contributed by atoms with Crippen molar-refractivity contribution in [1.29, 1.82) is 0 Å². The van der Waals surface area contributed by atoms with Crippen molar-refractivity contribution in [2.75, 3.05) is 13.1 Å². The molecule has 25 heavy (non-hydrogen) atoms. The lowest BCUT2D eigenvalue weighted by atomic mass is 10.2. The first-order valence-corrected chi connectivity index (χ1v) is 8.80. The van der Waals surface area contributed by atoms with Gasteiger partial charge in [-0.3, -0.25) is 18.7 Å². The zero-order valence-electron chi connectivity index (χ0n) is 15.5. The SMILES string of the molecule is CCCCN(CCCC)C(=O)Cn1cnc2c1c(=O)n(C)c(=O)n2C. The number of carbonyl (C=O) groups is 1. The molecule has 0 N–H and O–H groups in total. The van der Waals surface area contributed by atoms with E-state index in [4.69, 9.17) is 0 Å². The first-order chi connectivity index (χ1) is 11.9. The average Bonchev–Trinajstić information content (AvgIpc) is 3.01. The van der Waals surface area contributed by atoms with Crippen molar-refractivity contribution in [2.24, 2.45) is 14.1 Å². The molecule has 0 aliphatic heterocycles. The van der Waals surface area contributed by atoms with Crippen LogP contribution < -0.4 is 11.2 Å². The van der Waals surface area contributed by atoms with Gasteiger partial charge in [0.05, 0.1) is 6.33 Å². The van der Waals surface area contributed by atoms with E-state index in [0.717, 1.165) is 43.3 Å². The van der Waals surface area contributed by atoms with Crippen LogP contribution in [0.2, 0.25) is 0 Å². The van der Waals surface area contributed by atoms with Gasteiger partial charge in [0.1, 0.15) is 6.54 Å². The summed E-state index contributed by atoms with van der Waals surface area (Å²) in [5, 5.41) is 0. The molecule has 2 heterocycles. The van der Waals surface area contributed by atoms with E-state index in [2.05, 4.69) is 18.8 Å². The first-order valence-electron chi connectivity index (χ1n) is 8.80. The highest BCUT2D eigenvalue weighted by molar-refractivity contribution is 5.79. The Labute approximate surface area is 146 Å². The number of nitrogens with zero attached hydrogens (tertiary/aromatic N) is 5. The minimum absolute atomic E-state index is 0.0305. The Kier molecular flexibility index (Phi) is 6.17. The van der Waals surface area contributed by atoms with Crippen LogP contribution in [0.5, 0.6) is 0 Å². The molecular weight excluding hydrogens is 322 g/mol. The molecule has 2 aromatic rings. The number of imidazole rings is 1. The molecule has 138 valence electrons. The Morgan fingerprint density at radius 3 is 2.24 bits per heavy atom. The second-order valence-electron chi connectivity index (χ2n) is 6.34. The Hall–Kier alpha value is -2.38. The molecule has 2 rings (SSSR count). The van der Waals surface area contributed by atoms with Crippen molar-refractivity contribution < 1.29 is 4.79 Å². The van der Waals surface area contributed by atoms with Crippen LogP contribution >= 0.6 is 0 Å². The van der Waals surface area contributed by atoms with E-state index < -0.39 is 11.2 Å². The number of rotatable bonds is 8. The number of unbranched alkanes of at least 4 members (excludes halogenated alkanes) is 2. The summed E-state index contributed by atoms with van der Waals surface area (Å²) in [6.45, 7) is 5.68. The first kappa shape index (κ1) is 19.0. The summed E-state index contributed by atoms with van der Waals surface area (Å²) in [6.07, 6.45) is 5.41. The molecule has 0 fully saturated rings. The van der Waals surface area contributed by atoms with Gasteiger partial charge in [0.2, 0.25) is 5.91 Å². The topological polar surface area (TPSA) is 82.1 Å². The normalized spacial score (nSPS) is 11.2. The van der Waals surface area contributed by atoms with E-state index in [9.17, 15) is 14.4 Å². The summed E-state index contributed by atoms with van der Waals surface area (Å²) >= 11 is 0. The highest BCUT2D eigenvalue weighted by Crippen LogP contribution is 2.08. The highest BCUT2D eigenvalue weighted by Gasteiger charge is 2.18. The molecule has 0 bridgehead atoms. The lowest BCUT2D eigenvalue weighted by Gasteiger charge is -2.22. The van der Waals surface area contributed by atoms with Gasteiger partial charge in [-0.1, -0.05) is 26.7 Å². The largest absolute Gasteiger partial charge is 0.341 e. The van der Waals surface area contributed by atoms with Crippen molar-refractivity contribution in [1.82, 2.24) is 23.6 Å². The van der Waals surface area contributed by atoms with Crippen LogP contribution in [0, 0.1) is 0 Å². The monoisotopic (exact) mass is 349 g/mol. The average molecular weight is 349 g/mol. The minimum Gasteiger partial charge on any atom is -0.341 e. The summed E-state index contributed by atoms with van der Waals surface area (Å²) in [6, 6.07) is 0. The van der Waals surface area contributed by atoms with Crippen molar-refractivity contribution in [2.45, 2.75) is 46.1 Å². The van der Waals surface area contributed by atoms with Crippen LogP contribution in [-0.4, -0.2) is 42.6 Å². The van der Waals surface area contributed by atoms with Gasteiger partial charge in [-0.25, -0.2) is 9.78 Å². The molecule has 0 atom stereocenters. The fourth-order valence-electron chi connectivity index (χ4n) is 2.82. The second kappa shape index (κ2) is 8.13. The Morgan fingerprint density at radius 2 is 1.68 bits per heavy atom. The molecular formula is C17H27N5O3. The molecule has 0 saturated heterocycles. The lowest BCUT2D eigenvalue weighted by Crippen LogP contribution is -2.39. The van der Waals surface area contributed by atoms with Gasteiger partial charge < -0.3 is 9.47 Å². The molecule has 0 radical (unpaired) electrons. The summed E-state index contributed by atoms with van der Waals surface area (Å²) in [7, 11) is 3.00. The van der Waals surface area contributed by atoms with Gasteiger partial charge in [0.25, 0.3) is 5.56 Å². The molecule has 0 unspecified atom stereocenters. The van der Waals surface area contributed by atoms with Gasteiger partial charge >= 0.3 is 5.69 Å². The number of carbonyl (C=O) groups excluding carboxylic acids is 1. The third kappa shape index (κ3) is 3.83. The van der Waals surface area contributed by atoms with E-state index in [1.54, 1.807) is 11.6 Å². The van der Waals surface area contributed by atoms with Gasteiger partial charge in [-0.2, -0.15) is 0 Å². The number of hydrogen-bond acceptors (Lipinski definition) is 4. The van der Waals surface area contributed by atoms with Gasteiger partial charge in [0, 0.05) is 27.2 Å². The fourth-order valence-corrected chi connectivity index (χ4v) is 2.82. The maximum atomic E-state index is 12.7. The number of aryl methyl sites for hydroxylation is 1. The smallest absolute Gasteiger partial charge is 0.332 e. The van der Waals surface area contributed by atoms with E-state index >= 15 is 0 Å². The van der Waals surface area contributed by atoms with Crippen LogP contribution in [0.25, 0.3) is 11.2 Å². The molecule has 2 aromatic heterocycles. The molecule has 0 aliphatic carbocycles. The number of aromatic nitrogens is 4. The summed E-state index contributed by atoms with van der Waals surface area (Å²) in [5.74, 6) is -0.0305. The molecule has 0 aliphatic rings. The summed E-state index contributed by atoms with van der Waals surface area (Å²) in [5.41, 5.74) is -0.280. The van der Waals surface area contributed by atoms with Crippen LogP contribution in [-0.2, 0) is 25.4 Å². The zero-order chi connectivity index (χ0) is 18.6. The Morgan fingerprint density at radius 1 is 1.08 bits per heavy atom. The second-order valence-corrected chi connectivity index (χ2v) is 6.34. The molecule has 8 heteroatoms. The van der Waals surface area contributed by atoms with E-state index in [1.807, 2.05) is 4.90 Å². The predicted octanol–water partition coefficient (Wildman–Crippen LogP) is 0.863. The van der Waals surface area contributed by atoms with Crippen molar-refractivity contribution in [3.8, 4) is 0 Å². The number of hydrogen-bond donors (Lipinski definition) is 0. The van der Waals surface area contributed by atoms with Gasteiger partial charge in [-0.05, 0) is 12.8 Å². The number of fused-ring (bicyclic) bond motifs is 1. The van der Waals surface area contributed by atoms with Crippen LogP contribution in [0.15, 0.2) is 15.9 Å².